The van der Waals surface area contributed by atoms with E-state index in [-0.39, 0.29) is 5.56 Å². The Balaban J connectivity index is 2.70. The van der Waals surface area contributed by atoms with Crippen molar-refractivity contribution in [2.45, 2.75) is 0 Å². The highest BCUT2D eigenvalue weighted by molar-refractivity contribution is 5.89. The Bertz CT molecular complexity index is 402. The fourth-order valence-corrected chi connectivity index (χ4v) is 0.994. The third-order valence-electron chi connectivity index (χ3n) is 1.56. The molecular weight excluding hydrogens is 158 g/mol. The van der Waals surface area contributed by atoms with Gasteiger partial charge in [-0.2, -0.15) is 5.10 Å². The highest BCUT2D eigenvalue weighted by Crippen LogP contribution is 2.06. The number of rotatable bonds is 1. The Kier molecular flexibility index (Phi) is 1.30. The van der Waals surface area contributed by atoms with Crippen molar-refractivity contribution in [2.75, 3.05) is 0 Å². The molecule has 2 aromatic rings. The molecule has 0 aromatic carbocycles. The maximum Gasteiger partial charge on any atom is 0.337 e. The van der Waals surface area contributed by atoms with Crippen LogP contribution < -0.4 is 0 Å². The van der Waals surface area contributed by atoms with E-state index in [1.807, 2.05) is 0 Å². The number of carboxylic acid groups (broad SMARTS) is 1. The minimum absolute atomic E-state index is 0.241. The minimum Gasteiger partial charge on any atom is -0.478 e. The maximum atomic E-state index is 10.5. The number of carbonyl (C=O) groups is 1. The Hall–Kier alpha value is -1.91. The lowest BCUT2D eigenvalue weighted by Gasteiger charge is -1.86. The predicted molar refractivity (Wildman–Crippen MR) is 39.9 cm³/mol. The smallest absolute Gasteiger partial charge is 0.337 e. The first-order chi connectivity index (χ1) is 5.77. The lowest BCUT2D eigenvalue weighted by Crippen LogP contribution is -1.92. The Morgan fingerprint density at radius 1 is 1.50 bits per heavy atom. The van der Waals surface area contributed by atoms with Crippen molar-refractivity contribution in [1.29, 1.82) is 0 Å². The van der Waals surface area contributed by atoms with Gasteiger partial charge >= 0.3 is 5.97 Å². The molecule has 5 heteroatoms. The number of aromatic nitrogens is 3. The van der Waals surface area contributed by atoms with Crippen LogP contribution in [-0.4, -0.2) is 25.7 Å². The van der Waals surface area contributed by atoms with Crippen molar-refractivity contribution < 1.29 is 9.90 Å². The number of hydrogen-bond acceptors (Lipinski definition) is 3. The van der Waals surface area contributed by atoms with Crippen LogP contribution in [0.25, 0.3) is 5.52 Å². The van der Waals surface area contributed by atoms with Crippen LogP contribution in [0, 0.1) is 0 Å². The minimum atomic E-state index is -0.946. The molecule has 0 radical (unpaired) electrons. The quantitative estimate of drug-likeness (QED) is 0.661. The summed E-state index contributed by atoms with van der Waals surface area (Å²) in [4.78, 5) is 10.5. The number of hydrogen-bond donors (Lipinski definition) is 1. The van der Waals surface area contributed by atoms with Gasteiger partial charge in [-0.1, -0.05) is 0 Å². The first-order valence-corrected chi connectivity index (χ1v) is 3.29. The molecule has 0 aliphatic carbocycles. The molecule has 0 saturated heterocycles. The molecule has 0 bridgehead atoms. The average molecular weight is 163 g/mol. The summed E-state index contributed by atoms with van der Waals surface area (Å²) in [7, 11) is 0. The summed E-state index contributed by atoms with van der Waals surface area (Å²) in [6.45, 7) is 0. The Morgan fingerprint density at radius 2 is 2.33 bits per heavy atom. The molecule has 2 rings (SSSR count). The summed E-state index contributed by atoms with van der Waals surface area (Å²) in [5.74, 6) is -0.946. The van der Waals surface area contributed by atoms with Crippen molar-refractivity contribution in [2.24, 2.45) is 0 Å². The van der Waals surface area contributed by atoms with E-state index in [2.05, 4.69) is 10.2 Å². The van der Waals surface area contributed by atoms with Gasteiger partial charge in [0.25, 0.3) is 0 Å². The fraction of sp³-hybridized carbons (Fsp3) is 0. The Labute approximate surface area is 67.3 Å². The summed E-state index contributed by atoms with van der Waals surface area (Å²) in [5.41, 5.74) is 0.965. The monoisotopic (exact) mass is 163 g/mol. The molecule has 0 amide bonds. The molecule has 2 heterocycles. The normalized spacial score (nSPS) is 10.3. The lowest BCUT2D eigenvalue weighted by atomic mass is 10.3. The standard InChI is InChI=1S/C7H5N3O2/c11-7(12)5-1-6-2-8-9-4-10(6)3-5/h1-4H,(H,11,12). The second-order valence-corrected chi connectivity index (χ2v) is 2.34. The van der Waals surface area contributed by atoms with E-state index in [9.17, 15) is 4.79 Å². The number of fused-ring (bicyclic) bond motifs is 1. The lowest BCUT2D eigenvalue weighted by molar-refractivity contribution is 0.0697. The van der Waals surface area contributed by atoms with E-state index >= 15 is 0 Å². The molecule has 12 heavy (non-hydrogen) atoms. The van der Waals surface area contributed by atoms with Crippen LogP contribution in [0.3, 0.4) is 0 Å². The highest BCUT2D eigenvalue weighted by Gasteiger charge is 2.05. The van der Waals surface area contributed by atoms with Crippen LogP contribution in [0.4, 0.5) is 0 Å². The van der Waals surface area contributed by atoms with Crippen molar-refractivity contribution in [3.63, 3.8) is 0 Å². The Morgan fingerprint density at radius 3 is 3.00 bits per heavy atom. The molecular formula is C7H5N3O2. The van der Waals surface area contributed by atoms with E-state index in [4.69, 9.17) is 5.11 Å². The largest absolute Gasteiger partial charge is 0.478 e. The first-order valence-electron chi connectivity index (χ1n) is 3.29. The van der Waals surface area contributed by atoms with Crippen molar-refractivity contribution in [3.05, 3.63) is 30.4 Å². The molecule has 0 unspecified atom stereocenters. The fourth-order valence-electron chi connectivity index (χ4n) is 0.994. The van der Waals surface area contributed by atoms with Crippen LogP contribution in [0.5, 0.6) is 0 Å². The van der Waals surface area contributed by atoms with Gasteiger partial charge in [-0.05, 0) is 6.07 Å². The summed E-state index contributed by atoms with van der Waals surface area (Å²) < 4.78 is 1.61. The van der Waals surface area contributed by atoms with Gasteiger partial charge in [-0.25, -0.2) is 4.79 Å². The molecule has 1 N–H and O–H groups in total. The summed E-state index contributed by atoms with van der Waals surface area (Å²) >= 11 is 0. The van der Waals surface area contributed by atoms with Crippen LogP contribution in [0.15, 0.2) is 24.8 Å². The van der Waals surface area contributed by atoms with Gasteiger partial charge in [0, 0.05) is 6.20 Å². The molecule has 60 valence electrons. The van der Waals surface area contributed by atoms with Gasteiger partial charge in [0.2, 0.25) is 0 Å². The highest BCUT2D eigenvalue weighted by atomic mass is 16.4. The molecule has 0 atom stereocenters. The van der Waals surface area contributed by atoms with E-state index in [0.717, 1.165) is 5.52 Å². The second-order valence-electron chi connectivity index (χ2n) is 2.34. The molecule has 0 saturated carbocycles. The van der Waals surface area contributed by atoms with Gasteiger partial charge in [0.15, 0.2) is 0 Å². The number of nitrogens with zero attached hydrogens (tertiary/aromatic N) is 3. The first kappa shape index (κ1) is 6.78. The van der Waals surface area contributed by atoms with Gasteiger partial charge in [-0.3, -0.25) is 0 Å². The van der Waals surface area contributed by atoms with Crippen molar-refractivity contribution in [3.8, 4) is 0 Å². The van der Waals surface area contributed by atoms with Gasteiger partial charge in [0.05, 0.1) is 17.3 Å². The number of aromatic carboxylic acids is 1. The van der Waals surface area contributed by atoms with Gasteiger partial charge in [-0.15, -0.1) is 5.10 Å². The zero-order chi connectivity index (χ0) is 8.55. The van der Waals surface area contributed by atoms with Crippen molar-refractivity contribution >= 4 is 11.5 Å². The van der Waals surface area contributed by atoms with Crippen LogP contribution in [0.1, 0.15) is 10.4 Å². The molecule has 0 spiro atoms. The van der Waals surface area contributed by atoms with E-state index in [1.165, 1.54) is 24.8 Å². The second kappa shape index (κ2) is 2.30. The topological polar surface area (TPSA) is 67.5 Å². The van der Waals surface area contributed by atoms with Crippen LogP contribution in [0.2, 0.25) is 0 Å². The van der Waals surface area contributed by atoms with Crippen LogP contribution >= 0.6 is 0 Å². The zero-order valence-electron chi connectivity index (χ0n) is 6.01. The molecule has 0 fully saturated rings. The third-order valence-corrected chi connectivity index (χ3v) is 1.56. The van der Waals surface area contributed by atoms with Crippen molar-refractivity contribution in [1.82, 2.24) is 14.6 Å². The van der Waals surface area contributed by atoms with Gasteiger partial charge < -0.3 is 9.51 Å². The van der Waals surface area contributed by atoms with Crippen LogP contribution in [-0.2, 0) is 0 Å². The predicted octanol–water partition coefficient (Wildman–Crippen LogP) is 0.427. The average Bonchev–Trinajstić information content (AvgIpc) is 2.46. The van der Waals surface area contributed by atoms with E-state index in [1.54, 1.807) is 4.40 Å². The molecule has 2 aromatic heterocycles. The molecule has 0 aliphatic rings. The zero-order valence-corrected chi connectivity index (χ0v) is 6.01. The SMILES string of the molecule is O=C(O)c1cc2cnncn2c1. The third kappa shape index (κ3) is 0.914. The summed E-state index contributed by atoms with van der Waals surface area (Å²) in [5, 5.41) is 15.9. The van der Waals surface area contributed by atoms with Gasteiger partial charge in [0.1, 0.15) is 6.33 Å². The summed E-state index contributed by atoms with van der Waals surface area (Å²) in [6.07, 6.45) is 4.46. The van der Waals surface area contributed by atoms with E-state index in [0.29, 0.717) is 0 Å². The van der Waals surface area contributed by atoms with E-state index < -0.39 is 5.97 Å². The maximum absolute atomic E-state index is 10.5. The number of carboxylic acids is 1. The molecule has 0 aliphatic heterocycles. The molecule has 5 nitrogen and oxygen atoms in total. The summed E-state index contributed by atoms with van der Waals surface area (Å²) in [6, 6.07) is 1.54.